The fourth-order valence-corrected chi connectivity index (χ4v) is 2.59. The third kappa shape index (κ3) is 4.83. The number of nitrogens with zero attached hydrogens (tertiary/aromatic N) is 2. The minimum atomic E-state index is -0.790. The number of amides is 1. The van der Waals surface area contributed by atoms with Gasteiger partial charge in [-0.3, -0.25) is 9.59 Å². The number of hydrogen-bond donors (Lipinski definition) is 2. The maximum atomic E-state index is 12.1. The monoisotopic (exact) mass is 377 g/mol. The van der Waals surface area contributed by atoms with Crippen LogP contribution in [0.15, 0.2) is 40.5 Å². The average Bonchev–Trinajstić information content (AvgIpc) is 2.55. The van der Waals surface area contributed by atoms with Crippen molar-refractivity contribution >= 4 is 33.5 Å². The number of carboxylic acids is 1. The van der Waals surface area contributed by atoms with E-state index in [2.05, 4.69) is 21.2 Å². The summed E-state index contributed by atoms with van der Waals surface area (Å²) >= 11 is 3.31. The third-order valence-electron chi connectivity index (χ3n) is 3.66. The first-order valence-electron chi connectivity index (χ1n) is 7.15. The van der Waals surface area contributed by atoms with Gasteiger partial charge in [0.05, 0.1) is 5.92 Å². The van der Waals surface area contributed by atoms with Crippen LogP contribution in [0.1, 0.15) is 12.8 Å². The highest BCUT2D eigenvalue weighted by molar-refractivity contribution is 9.10. The van der Waals surface area contributed by atoms with E-state index in [-0.39, 0.29) is 11.5 Å². The molecule has 1 aromatic carbocycles. The second-order valence-electron chi connectivity index (χ2n) is 5.26. The summed E-state index contributed by atoms with van der Waals surface area (Å²) in [5.41, 5.74) is 0.602. The molecule has 1 saturated heterocycles. The molecule has 1 aromatic rings. The van der Waals surface area contributed by atoms with E-state index in [0.29, 0.717) is 31.6 Å². The molecule has 23 heavy (non-hydrogen) atoms. The maximum Gasteiger partial charge on any atom is 0.306 e. The predicted octanol–water partition coefficient (Wildman–Crippen LogP) is 2.59. The first-order valence-corrected chi connectivity index (χ1v) is 7.94. The Hall–Kier alpha value is -2.33. The van der Waals surface area contributed by atoms with E-state index < -0.39 is 11.9 Å². The van der Waals surface area contributed by atoms with Crippen molar-refractivity contribution in [2.45, 2.75) is 12.8 Å². The number of benzene rings is 1. The van der Waals surface area contributed by atoms with Gasteiger partial charge in [0.15, 0.2) is 0 Å². The summed E-state index contributed by atoms with van der Waals surface area (Å²) < 4.78 is 0.896. The molecule has 0 atom stereocenters. The summed E-state index contributed by atoms with van der Waals surface area (Å²) in [5, 5.41) is 20.8. The van der Waals surface area contributed by atoms with Crippen LogP contribution in [-0.4, -0.2) is 35.0 Å². The minimum Gasteiger partial charge on any atom is -0.481 e. The number of anilines is 1. The van der Waals surface area contributed by atoms with Crippen molar-refractivity contribution in [3.63, 3.8) is 0 Å². The van der Waals surface area contributed by atoms with Crippen molar-refractivity contribution in [1.82, 2.24) is 4.90 Å². The number of piperidine rings is 1. The Bertz CT molecular complexity index is 656. The smallest absolute Gasteiger partial charge is 0.306 e. The minimum absolute atomic E-state index is 0.00157. The first-order chi connectivity index (χ1) is 11.0. The fourth-order valence-electron chi connectivity index (χ4n) is 2.33. The van der Waals surface area contributed by atoms with Gasteiger partial charge in [0, 0.05) is 29.4 Å². The number of likely N-dealkylation sites (tertiary alicyclic amines) is 1. The Morgan fingerprint density at radius 3 is 2.43 bits per heavy atom. The Morgan fingerprint density at radius 1 is 1.30 bits per heavy atom. The lowest BCUT2D eigenvalue weighted by Gasteiger charge is -2.29. The molecule has 0 bridgehead atoms. The molecule has 1 aliphatic heterocycles. The van der Waals surface area contributed by atoms with Crippen LogP contribution in [0.25, 0.3) is 0 Å². The second-order valence-corrected chi connectivity index (χ2v) is 6.18. The highest BCUT2D eigenvalue weighted by atomic mass is 79.9. The molecular weight excluding hydrogens is 362 g/mol. The van der Waals surface area contributed by atoms with Crippen LogP contribution in [0.2, 0.25) is 0 Å². The van der Waals surface area contributed by atoms with Crippen LogP contribution in [-0.2, 0) is 9.59 Å². The average molecular weight is 378 g/mol. The summed E-state index contributed by atoms with van der Waals surface area (Å²) in [6.45, 7) is 1.04. The molecule has 7 heteroatoms. The molecule has 1 aliphatic rings. The van der Waals surface area contributed by atoms with Gasteiger partial charge in [0.2, 0.25) is 0 Å². The number of carbonyl (C=O) groups excluding carboxylic acids is 1. The van der Waals surface area contributed by atoms with Gasteiger partial charge in [-0.15, -0.1) is 0 Å². The van der Waals surface area contributed by atoms with Gasteiger partial charge in [0.1, 0.15) is 11.6 Å². The number of nitrogens with one attached hydrogen (secondary N) is 1. The lowest BCUT2D eigenvalue weighted by atomic mass is 9.97. The van der Waals surface area contributed by atoms with E-state index in [4.69, 9.17) is 5.11 Å². The van der Waals surface area contributed by atoms with Crippen LogP contribution in [0.3, 0.4) is 0 Å². The number of aliphatic carboxylic acids is 1. The first kappa shape index (κ1) is 17.0. The maximum absolute atomic E-state index is 12.1. The van der Waals surface area contributed by atoms with Gasteiger partial charge in [0.25, 0.3) is 5.91 Å². The Morgan fingerprint density at radius 2 is 1.91 bits per heavy atom. The lowest BCUT2D eigenvalue weighted by molar-refractivity contribution is -0.143. The standard InChI is InChI=1S/C16H16BrN3O3/c17-13-1-3-14(4-2-13)19-15(21)12(9-18)10-20-7-5-11(6-8-20)16(22)23/h1-4,10-11H,5-8H2,(H,19,21)(H,22,23)/b12-10-. The van der Waals surface area contributed by atoms with E-state index in [1.165, 1.54) is 6.20 Å². The molecule has 1 fully saturated rings. The van der Waals surface area contributed by atoms with Crippen LogP contribution >= 0.6 is 15.9 Å². The number of hydrogen-bond acceptors (Lipinski definition) is 4. The molecule has 2 N–H and O–H groups in total. The van der Waals surface area contributed by atoms with E-state index in [1.807, 2.05) is 11.0 Å². The zero-order valence-corrected chi connectivity index (χ0v) is 13.9. The zero-order valence-electron chi connectivity index (χ0n) is 12.3. The van der Waals surface area contributed by atoms with Crippen molar-refractivity contribution in [3.8, 4) is 6.07 Å². The highest BCUT2D eigenvalue weighted by Gasteiger charge is 2.24. The number of nitriles is 1. The molecule has 1 amide bonds. The summed E-state index contributed by atoms with van der Waals surface area (Å²) in [6.07, 6.45) is 2.53. The van der Waals surface area contributed by atoms with Crippen LogP contribution in [0.4, 0.5) is 5.69 Å². The fraction of sp³-hybridized carbons (Fsp3) is 0.312. The predicted molar refractivity (Wildman–Crippen MR) is 88.4 cm³/mol. The molecule has 0 aliphatic carbocycles. The van der Waals surface area contributed by atoms with Crippen molar-refractivity contribution < 1.29 is 14.7 Å². The molecule has 0 unspecified atom stereocenters. The van der Waals surface area contributed by atoms with Gasteiger partial charge in [-0.05, 0) is 37.1 Å². The van der Waals surface area contributed by atoms with Gasteiger partial charge in [-0.1, -0.05) is 15.9 Å². The summed E-state index contributed by atoms with van der Waals surface area (Å²) in [4.78, 5) is 24.9. The van der Waals surface area contributed by atoms with Crippen molar-refractivity contribution in [2.75, 3.05) is 18.4 Å². The molecule has 0 aromatic heterocycles. The Labute approximate surface area is 142 Å². The topological polar surface area (TPSA) is 93.4 Å². The molecule has 0 spiro atoms. The molecule has 0 saturated carbocycles. The lowest BCUT2D eigenvalue weighted by Crippen LogP contribution is -2.33. The van der Waals surface area contributed by atoms with E-state index >= 15 is 0 Å². The van der Waals surface area contributed by atoms with Gasteiger partial charge in [-0.2, -0.15) is 5.26 Å². The number of rotatable bonds is 4. The number of halogens is 1. The molecule has 2 rings (SSSR count). The van der Waals surface area contributed by atoms with Crippen molar-refractivity contribution in [2.24, 2.45) is 5.92 Å². The van der Waals surface area contributed by atoms with E-state index in [1.54, 1.807) is 24.3 Å². The normalized spacial score (nSPS) is 15.8. The molecule has 1 heterocycles. The van der Waals surface area contributed by atoms with Crippen LogP contribution in [0, 0.1) is 17.2 Å². The SMILES string of the molecule is N#C/C(=C/N1CCC(C(=O)O)CC1)C(=O)Nc1ccc(Br)cc1. The van der Waals surface area contributed by atoms with Crippen molar-refractivity contribution in [1.29, 1.82) is 5.26 Å². The van der Waals surface area contributed by atoms with E-state index in [0.717, 1.165) is 4.47 Å². The van der Waals surface area contributed by atoms with E-state index in [9.17, 15) is 14.9 Å². The summed E-state index contributed by atoms with van der Waals surface area (Å²) in [6, 6.07) is 8.95. The summed E-state index contributed by atoms with van der Waals surface area (Å²) in [5.74, 6) is -1.61. The number of carboxylic acid groups (broad SMARTS) is 1. The molecular formula is C16H16BrN3O3. The van der Waals surface area contributed by atoms with Gasteiger partial charge in [-0.25, -0.2) is 0 Å². The zero-order chi connectivity index (χ0) is 16.8. The largest absolute Gasteiger partial charge is 0.481 e. The van der Waals surface area contributed by atoms with Crippen LogP contribution < -0.4 is 5.32 Å². The molecule has 120 valence electrons. The molecule has 6 nitrogen and oxygen atoms in total. The molecule has 0 radical (unpaired) electrons. The highest BCUT2D eigenvalue weighted by Crippen LogP contribution is 2.19. The quantitative estimate of drug-likeness (QED) is 0.621. The Balaban J connectivity index is 1.99. The summed E-state index contributed by atoms with van der Waals surface area (Å²) in [7, 11) is 0. The van der Waals surface area contributed by atoms with Crippen molar-refractivity contribution in [3.05, 3.63) is 40.5 Å². The number of carbonyl (C=O) groups is 2. The van der Waals surface area contributed by atoms with Crippen LogP contribution in [0.5, 0.6) is 0 Å². The second kappa shape index (κ2) is 7.79. The van der Waals surface area contributed by atoms with Gasteiger partial charge >= 0.3 is 5.97 Å². The Kier molecular flexibility index (Phi) is 5.77. The van der Waals surface area contributed by atoms with Gasteiger partial charge < -0.3 is 15.3 Å². The third-order valence-corrected chi connectivity index (χ3v) is 4.19.